The summed E-state index contributed by atoms with van der Waals surface area (Å²) in [5, 5.41) is 2.72. The molecule has 1 saturated carbocycles. The van der Waals surface area contributed by atoms with Crippen LogP contribution in [0, 0.1) is 5.92 Å². The number of ether oxygens (including phenoxy) is 1. The number of halogens is 3. The van der Waals surface area contributed by atoms with Gasteiger partial charge in [-0.25, -0.2) is 0 Å². The number of nitrogens with zero attached hydrogens (tertiary/aromatic N) is 1. The molecule has 3 rings (SSSR count). The van der Waals surface area contributed by atoms with Crippen molar-refractivity contribution in [2.75, 3.05) is 0 Å². The lowest BCUT2D eigenvalue weighted by Crippen LogP contribution is -2.41. The molecule has 1 fully saturated rings. The van der Waals surface area contributed by atoms with E-state index in [4.69, 9.17) is 4.74 Å². The number of hydrogen-bond donors (Lipinski definition) is 1. The van der Waals surface area contributed by atoms with Crippen molar-refractivity contribution < 1.29 is 22.7 Å². The summed E-state index contributed by atoms with van der Waals surface area (Å²) in [6.45, 7) is 0. The maximum absolute atomic E-state index is 12.9. The molecule has 2 unspecified atom stereocenters. The van der Waals surface area contributed by atoms with Gasteiger partial charge in [-0.15, -0.1) is 0 Å². The third-order valence-corrected chi connectivity index (χ3v) is 4.46. The van der Waals surface area contributed by atoms with E-state index in [0.717, 1.165) is 0 Å². The van der Waals surface area contributed by atoms with Gasteiger partial charge in [0.2, 0.25) is 0 Å². The molecule has 1 amide bonds. The van der Waals surface area contributed by atoms with Gasteiger partial charge >= 0.3 is 6.18 Å². The number of carbonyl (C=O) groups is 1. The normalized spacial score (nSPS) is 20.4. The minimum absolute atomic E-state index is 0.0581. The molecule has 1 aromatic carbocycles. The lowest BCUT2D eigenvalue weighted by atomic mass is 9.85. The Bertz CT molecular complexity index is 733. The SMILES string of the molecule is O=C(NC1CCCC(C(F)(F)F)C1)c1ccc(Oc2cccnc2)cc1. The quantitative estimate of drug-likeness (QED) is 0.854. The van der Waals surface area contributed by atoms with Crippen LogP contribution in [-0.4, -0.2) is 23.1 Å². The van der Waals surface area contributed by atoms with Crippen molar-refractivity contribution in [2.24, 2.45) is 5.92 Å². The van der Waals surface area contributed by atoms with Gasteiger partial charge in [-0.2, -0.15) is 13.2 Å². The number of amides is 1. The molecule has 2 atom stereocenters. The van der Waals surface area contributed by atoms with E-state index in [-0.39, 0.29) is 18.7 Å². The zero-order chi connectivity index (χ0) is 18.6. The Morgan fingerprint density at radius 3 is 2.54 bits per heavy atom. The van der Waals surface area contributed by atoms with Crippen LogP contribution in [0.2, 0.25) is 0 Å². The average Bonchev–Trinajstić information content (AvgIpc) is 2.63. The summed E-state index contributed by atoms with van der Waals surface area (Å²) >= 11 is 0. The van der Waals surface area contributed by atoms with Gasteiger partial charge in [0.25, 0.3) is 5.91 Å². The Kier molecular flexibility index (Phi) is 5.44. The molecule has 0 bridgehead atoms. The second-order valence-corrected chi connectivity index (χ2v) is 6.39. The van der Waals surface area contributed by atoms with E-state index in [1.807, 2.05) is 0 Å². The average molecular weight is 364 g/mol. The van der Waals surface area contributed by atoms with Crippen LogP contribution >= 0.6 is 0 Å². The summed E-state index contributed by atoms with van der Waals surface area (Å²) in [4.78, 5) is 16.2. The van der Waals surface area contributed by atoms with Gasteiger partial charge in [-0.1, -0.05) is 6.42 Å². The fourth-order valence-electron chi connectivity index (χ4n) is 3.10. The van der Waals surface area contributed by atoms with E-state index in [1.165, 1.54) is 0 Å². The van der Waals surface area contributed by atoms with Gasteiger partial charge in [0.05, 0.1) is 12.1 Å². The smallest absolute Gasteiger partial charge is 0.391 e. The first-order valence-corrected chi connectivity index (χ1v) is 8.47. The van der Waals surface area contributed by atoms with Crippen molar-refractivity contribution in [1.29, 1.82) is 0 Å². The number of alkyl halides is 3. The molecule has 1 aromatic heterocycles. The molecule has 1 aliphatic carbocycles. The third kappa shape index (κ3) is 4.74. The lowest BCUT2D eigenvalue weighted by Gasteiger charge is -2.31. The van der Waals surface area contributed by atoms with Crippen LogP contribution in [0.1, 0.15) is 36.0 Å². The van der Waals surface area contributed by atoms with Crippen molar-refractivity contribution in [3.05, 3.63) is 54.4 Å². The first-order chi connectivity index (χ1) is 12.4. The summed E-state index contributed by atoms with van der Waals surface area (Å²) in [7, 11) is 0. The van der Waals surface area contributed by atoms with E-state index in [9.17, 15) is 18.0 Å². The van der Waals surface area contributed by atoms with Gasteiger partial charge in [-0.05, 0) is 55.7 Å². The Labute approximate surface area is 149 Å². The molecule has 7 heteroatoms. The standard InChI is InChI=1S/C19H19F3N2O2/c20-19(21,22)14-3-1-4-15(11-14)24-18(25)13-6-8-16(9-7-13)26-17-5-2-10-23-12-17/h2,5-10,12,14-15H,1,3-4,11H2,(H,24,25). The number of carbonyl (C=O) groups excluding carboxylic acids is 1. The van der Waals surface area contributed by atoms with Crippen LogP contribution in [0.5, 0.6) is 11.5 Å². The molecule has 0 radical (unpaired) electrons. The predicted molar refractivity (Wildman–Crippen MR) is 90.0 cm³/mol. The van der Waals surface area contributed by atoms with Gasteiger partial charge in [0, 0.05) is 17.8 Å². The Morgan fingerprint density at radius 1 is 1.12 bits per heavy atom. The van der Waals surface area contributed by atoms with Crippen molar-refractivity contribution in [3.63, 3.8) is 0 Å². The molecule has 1 aliphatic rings. The zero-order valence-corrected chi connectivity index (χ0v) is 14.0. The van der Waals surface area contributed by atoms with E-state index < -0.39 is 18.1 Å². The predicted octanol–water partition coefficient (Wildman–Crippen LogP) is 4.72. The zero-order valence-electron chi connectivity index (χ0n) is 14.0. The molecule has 2 aromatic rings. The lowest BCUT2D eigenvalue weighted by molar-refractivity contribution is -0.183. The molecule has 0 spiro atoms. The summed E-state index contributed by atoms with van der Waals surface area (Å²) in [5.41, 5.74) is 0.387. The molecule has 0 saturated heterocycles. The van der Waals surface area contributed by atoms with E-state index in [2.05, 4.69) is 10.3 Å². The number of rotatable bonds is 4. The minimum atomic E-state index is -4.20. The minimum Gasteiger partial charge on any atom is -0.456 e. The number of nitrogens with one attached hydrogen (secondary N) is 1. The molecular weight excluding hydrogens is 345 g/mol. The molecule has 4 nitrogen and oxygen atoms in total. The van der Waals surface area contributed by atoms with Crippen LogP contribution in [0.4, 0.5) is 13.2 Å². The molecule has 1 heterocycles. The highest BCUT2D eigenvalue weighted by molar-refractivity contribution is 5.94. The van der Waals surface area contributed by atoms with E-state index in [0.29, 0.717) is 29.9 Å². The molecular formula is C19H19F3N2O2. The maximum atomic E-state index is 12.9. The van der Waals surface area contributed by atoms with Crippen LogP contribution in [0.3, 0.4) is 0 Å². The van der Waals surface area contributed by atoms with Gasteiger partial charge in [0.15, 0.2) is 0 Å². The summed E-state index contributed by atoms with van der Waals surface area (Å²) in [6, 6.07) is 9.51. The molecule has 26 heavy (non-hydrogen) atoms. The summed E-state index contributed by atoms with van der Waals surface area (Å²) in [5.74, 6) is -0.586. The topological polar surface area (TPSA) is 51.2 Å². The number of hydrogen-bond acceptors (Lipinski definition) is 3. The summed E-state index contributed by atoms with van der Waals surface area (Å²) in [6.07, 6.45) is 0.117. The first-order valence-electron chi connectivity index (χ1n) is 8.47. The largest absolute Gasteiger partial charge is 0.456 e. The highest BCUT2D eigenvalue weighted by Gasteiger charge is 2.42. The highest BCUT2D eigenvalue weighted by Crippen LogP contribution is 2.37. The Morgan fingerprint density at radius 2 is 1.88 bits per heavy atom. The fraction of sp³-hybridized carbons (Fsp3) is 0.368. The van der Waals surface area contributed by atoms with Crippen molar-refractivity contribution in [3.8, 4) is 11.5 Å². The number of benzene rings is 1. The highest BCUT2D eigenvalue weighted by atomic mass is 19.4. The summed E-state index contributed by atoms with van der Waals surface area (Å²) < 4.78 is 44.2. The Hall–Kier alpha value is -2.57. The van der Waals surface area contributed by atoms with Gasteiger partial charge in [-0.3, -0.25) is 9.78 Å². The number of aromatic nitrogens is 1. The van der Waals surface area contributed by atoms with Gasteiger partial charge < -0.3 is 10.1 Å². The number of pyridine rings is 1. The Balaban J connectivity index is 1.58. The van der Waals surface area contributed by atoms with Crippen molar-refractivity contribution in [1.82, 2.24) is 10.3 Å². The second kappa shape index (κ2) is 7.76. The molecule has 138 valence electrons. The third-order valence-electron chi connectivity index (χ3n) is 4.46. The van der Waals surface area contributed by atoms with Gasteiger partial charge in [0.1, 0.15) is 11.5 Å². The van der Waals surface area contributed by atoms with Crippen LogP contribution in [0.15, 0.2) is 48.8 Å². The van der Waals surface area contributed by atoms with Crippen LogP contribution in [-0.2, 0) is 0 Å². The van der Waals surface area contributed by atoms with Crippen molar-refractivity contribution in [2.45, 2.75) is 37.9 Å². The van der Waals surface area contributed by atoms with Crippen molar-refractivity contribution >= 4 is 5.91 Å². The van der Waals surface area contributed by atoms with E-state index in [1.54, 1.807) is 48.8 Å². The fourth-order valence-corrected chi connectivity index (χ4v) is 3.10. The molecule has 1 N–H and O–H groups in total. The molecule has 0 aliphatic heterocycles. The maximum Gasteiger partial charge on any atom is 0.391 e. The monoisotopic (exact) mass is 364 g/mol. The second-order valence-electron chi connectivity index (χ2n) is 6.39. The first kappa shape index (κ1) is 18.2. The van der Waals surface area contributed by atoms with Crippen LogP contribution in [0.25, 0.3) is 0 Å². The van der Waals surface area contributed by atoms with Crippen LogP contribution < -0.4 is 10.1 Å². The van der Waals surface area contributed by atoms with E-state index >= 15 is 0 Å².